The van der Waals surface area contributed by atoms with E-state index < -0.39 is 0 Å². The van der Waals surface area contributed by atoms with E-state index in [1.807, 2.05) is 37.3 Å². The highest BCUT2D eigenvalue weighted by atomic mass is 16.5. The zero-order valence-corrected chi connectivity index (χ0v) is 14.3. The van der Waals surface area contributed by atoms with Crippen LogP contribution in [0.3, 0.4) is 0 Å². The lowest BCUT2D eigenvalue weighted by atomic mass is 9.90. The third-order valence-electron chi connectivity index (χ3n) is 4.80. The van der Waals surface area contributed by atoms with Crippen LogP contribution in [-0.2, 0) is 9.53 Å². The van der Waals surface area contributed by atoms with Crippen molar-refractivity contribution in [3.05, 3.63) is 42.5 Å². The lowest BCUT2D eigenvalue weighted by Gasteiger charge is -2.42. The molecule has 1 fully saturated rings. The highest BCUT2D eigenvalue weighted by molar-refractivity contribution is 5.75. The standard InChI is InChI=1S/C19H28N2O2/c1-4-5-12-20-13-10-19(23-3,11-14-20)15-21(16-22)18-8-6-17(2)7-9-18/h4,6-9,16H,1,5,10-15H2,2-3H3. The van der Waals surface area contributed by atoms with Gasteiger partial charge in [-0.25, -0.2) is 0 Å². The number of amides is 1. The van der Waals surface area contributed by atoms with Crippen LogP contribution < -0.4 is 4.90 Å². The average Bonchev–Trinajstić information content (AvgIpc) is 2.60. The maximum absolute atomic E-state index is 11.6. The van der Waals surface area contributed by atoms with Crippen LogP contribution in [-0.4, -0.2) is 50.2 Å². The Hall–Kier alpha value is -1.65. The number of carbonyl (C=O) groups excluding carboxylic acids is 1. The number of rotatable bonds is 8. The second-order valence-electron chi connectivity index (χ2n) is 6.37. The number of carbonyl (C=O) groups is 1. The van der Waals surface area contributed by atoms with E-state index in [4.69, 9.17) is 4.74 Å². The Morgan fingerprint density at radius 3 is 2.48 bits per heavy atom. The number of methoxy groups -OCH3 is 1. The van der Waals surface area contributed by atoms with Gasteiger partial charge in [-0.15, -0.1) is 6.58 Å². The van der Waals surface area contributed by atoms with Crippen molar-refractivity contribution in [1.82, 2.24) is 4.90 Å². The molecule has 1 aliphatic heterocycles. The van der Waals surface area contributed by atoms with Gasteiger partial charge in [-0.1, -0.05) is 23.8 Å². The van der Waals surface area contributed by atoms with Crippen molar-refractivity contribution in [3.8, 4) is 0 Å². The zero-order chi connectivity index (χ0) is 16.7. The fourth-order valence-electron chi connectivity index (χ4n) is 3.12. The molecule has 4 heteroatoms. The third-order valence-corrected chi connectivity index (χ3v) is 4.80. The summed E-state index contributed by atoms with van der Waals surface area (Å²) in [5.74, 6) is 0. The van der Waals surface area contributed by atoms with E-state index in [1.54, 1.807) is 12.0 Å². The second kappa shape index (κ2) is 8.27. The van der Waals surface area contributed by atoms with Crippen LogP contribution >= 0.6 is 0 Å². The monoisotopic (exact) mass is 316 g/mol. The molecule has 0 radical (unpaired) electrons. The van der Waals surface area contributed by atoms with Crippen molar-refractivity contribution in [1.29, 1.82) is 0 Å². The number of likely N-dealkylation sites (tertiary alicyclic amines) is 1. The number of hydrogen-bond acceptors (Lipinski definition) is 3. The van der Waals surface area contributed by atoms with Gasteiger partial charge in [0, 0.05) is 32.4 Å². The Morgan fingerprint density at radius 1 is 1.30 bits per heavy atom. The molecule has 0 bridgehead atoms. The Kier molecular flexibility index (Phi) is 6.37. The first-order chi connectivity index (χ1) is 11.1. The quantitative estimate of drug-likeness (QED) is 0.546. The van der Waals surface area contributed by atoms with Gasteiger partial charge in [0.2, 0.25) is 6.41 Å². The van der Waals surface area contributed by atoms with Crippen LogP contribution in [0.15, 0.2) is 36.9 Å². The number of piperidine rings is 1. The first-order valence-corrected chi connectivity index (χ1v) is 8.29. The van der Waals surface area contributed by atoms with Gasteiger partial charge in [-0.3, -0.25) is 4.79 Å². The minimum absolute atomic E-state index is 0.253. The van der Waals surface area contributed by atoms with Gasteiger partial charge in [0.05, 0.1) is 12.1 Å². The molecular formula is C19H28N2O2. The Labute approximate surface area is 139 Å². The highest BCUT2D eigenvalue weighted by Crippen LogP contribution is 2.28. The second-order valence-corrected chi connectivity index (χ2v) is 6.37. The fraction of sp³-hybridized carbons (Fsp3) is 0.526. The molecule has 0 unspecified atom stereocenters. The van der Waals surface area contributed by atoms with Gasteiger partial charge < -0.3 is 14.5 Å². The van der Waals surface area contributed by atoms with Crippen molar-refractivity contribution in [2.75, 3.05) is 38.2 Å². The first kappa shape index (κ1) is 17.7. The average molecular weight is 316 g/mol. The molecule has 0 spiro atoms. The summed E-state index contributed by atoms with van der Waals surface area (Å²) < 4.78 is 5.86. The van der Waals surface area contributed by atoms with Crippen molar-refractivity contribution in [2.24, 2.45) is 0 Å². The minimum atomic E-state index is -0.253. The van der Waals surface area contributed by atoms with Crippen molar-refractivity contribution in [3.63, 3.8) is 0 Å². The van der Waals surface area contributed by atoms with E-state index in [1.165, 1.54) is 5.56 Å². The summed E-state index contributed by atoms with van der Waals surface area (Å²) in [6.45, 7) is 9.49. The van der Waals surface area contributed by atoms with E-state index in [9.17, 15) is 4.79 Å². The molecule has 1 amide bonds. The largest absolute Gasteiger partial charge is 0.376 e. The summed E-state index contributed by atoms with van der Waals surface area (Å²) in [5.41, 5.74) is 1.86. The Bertz CT molecular complexity index is 505. The smallest absolute Gasteiger partial charge is 0.214 e. The summed E-state index contributed by atoms with van der Waals surface area (Å²) in [6.07, 6.45) is 5.77. The molecule has 126 valence electrons. The molecule has 0 aliphatic carbocycles. The van der Waals surface area contributed by atoms with Crippen LogP contribution in [0, 0.1) is 6.92 Å². The zero-order valence-electron chi connectivity index (χ0n) is 14.3. The molecule has 1 heterocycles. The van der Waals surface area contributed by atoms with Crippen molar-refractivity contribution >= 4 is 12.1 Å². The number of nitrogens with zero attached hydrogens (tertiary/aromatic N) is 2. The molecule has 1 aromatic rings. The predicted molar refractivity (Wildman–Crippen MR) is 94.8 cm³/mol. The number of hydrogen-bond donors (Lipinski definition) is 0. The van der Waals surface area contributed by atoms with E-state index in [0.29, 0.717) is 6.54 Å². The summed E-state index contributed by atoms with van der Waals surface area (Å²) in [6, 6.07) is 8.05. The SMILES string of the molecule is C=CCCN1CCC(CN(C=O)c2ccc(C)cc2)(OC)CC1. The van der Waals surface area contributed by atoms with E-state index >= 15 is 0 Å². The van der Waals surface area contributed by atoms with E-state index in [0.717, 1.165) is 51.0 Å². The van der Waals surface area contributed by atoms with Gasteiger partial charge >= 0.3 is 0 Å². The summed E-state index contributed by atoms with van der Waals surface area (Å²) in [4.78, 5) is 15.8. The van der Waals surface area contributed by atoms with Gasteiger partial charge in [0.15, 0.2) is 0 Å². The Balaban J connectivity index is 2.01. The first-order valence-electron chi connectivity index (χ1n) is 8.29. The lowest BCUT2D eigenvalue weighted by Crippen LogP contribution is -2.52. The predicted octanol–water partition coefficient (Wildman–Crippen LogP) is 3.01. The fourth-order valence-corrected chi connectivity index (χ4v) is 3.12. The van der Waals surface area contributed by atoms with Crippen LogP contribution in [0.5, 0.6) is 0 Å². The van der Waals surface area contributed by atoms with Gasteiger partial charge in [0.1, 0.15) is 0 Å². The minimum Gasteiger partial charge on any atom is -0.376 e. The topological polar surface area (TPSA) is 32.8 Å². The number of aryl methyl sites for hydroxylation is 1. The molecule has 23 heavy (non-hydrogen) atoms. The molecule has 4 nitrogen and oxygen atoms in total. The van der Waals surface area contributed by atoms with Crippen molar-refractivity contribution < 1.29 is 9.53 Å². The molecule has 0 saturated carbocycles. The van der Waals surface area contributed by atoms with Crippen LogP contribution in [0.4, 0.5) is 5.69 Å². The molecular weight excluding hydrogens is 288 g/mol. The normalized spacial score (nSPS) is 17.7. The highest BCUT2D eigenvalue weighted by Gasteiger charge is 2.36. The van der Waals surface area contributed by atoms with Crippen molar-refractivity contribution in [2.45, 2.75) is 31.8 Å². The molecule has 0 atom stereocenters. The maximum Gasteiger partial charge on any atom is 0.214 e. The van der Waals surface area contributed by atoms with E-state index in [-0.39, 0.29) is 5.60 Å². The molecule has 1 aromatic carbocycles. The third kappa shape index (κ3) is 4.66. The van der Waals surface area contributed by atoms with E-state index in [2.05, 4.69) is 11.5 Å². The molecule has 0 aromatic heterocycles. The molecule has 2 rings (SSSR count). The molecule has 1 aliphatic rings. The number of benzene rings is 1. The molecule has 1 saturated heterocycles. The van der Waals surface area contributed by atoms with Gasteiger partial charge in [-0.2, -0.15) is 0 Å². The number of anilines is 1. The summed E-state index contributed by atoms with van der Waals surface area (Å²) >= 11 is 0. The summed E-state index contributed by atoms with van der Waals surface area (Å²) in [5, 5.41) is 0. The van der Waals surface area contributed by atoms with Crippen LogP contribution in [0.2, 0.25) is 0 Å². The maximum atomic E-state index is 11.6. The van der Waals surface area contributed by atoms with Crippen LogP contribution in [0.25, 0.3) is 0 Å². The number of ether oxygens (including phenoxy) is 1. The van der Waals surface area contributed by atoms with Gasteiger partial charge in [-0.05, 0) is 38.3 Å². The molecule has 0 N–H and O–H groups in total. The lowest BCUT2D eigenvalue weighted by molar-refractivity contribution is -0.109. The Morgan fingerprint density at radius 2 is 1.96 bits per heavy atom. The summed E-state index contributed by atoms with van der Waals surface area (Å²) in [7, 11) is 1.76. The van der Waals surface area contributed by atoms with Gasteiger partial charge in [0.25, 0.3) is 0 Å². The van der Waals surface area contributed by atoms with Crippen LogP contribution in [0.1, 0.15) is 24.8 Å².